The van der Waals surface area contributed by atoms with Crippen molar-refractivity contribution in [1.82, 2.24) is 4.98 Å². The van der Waals surface area contributed by atoms with Gasteiger partial charge in [0, 0.05) is 25.1 Å². The first-order valence-electron chi connectivity index (χ1n) is 4.61. The smallest absolute Gasteiger partial charge is 0.166 e. The second-order valence-electron chi connectivity index (χ2n) is 3.33. The minimum Gasteiger partial charge on any atom is -0.378 e. The number of carbonyl (C=O) groups excluding carboxylic acids is 1. The lowest BCUT2D eigenvalue weighted by Crippen LogP contribution is -2.12. The molecule has 1 aliphatic carbocycles. The molecule has 1 aliphatic rings. The van der Waals surface area contributed by atoms with Gasteiger partial charge in [0.2, 0.25) is 0 Å². The molecule has 3 nitrogen and oxygen atoms in total. The Balaban J connectivity index is 2.10. The molecule has 0 saturated carbocycles. The highest BCUT2D eigenvalue weighted by Gasteiger charge is 2.23. The Labute approximate surface area is 77.1 Å². The van der Waals surface area contributed by atoms with Crippen LogP contribution in [0.1, 0.15) is 28.7 Å². The van der Waals surface area contributed by atoms with E-state index in [9.17, 15) is 4.79 Å². The van der Waals surface area contributed by atoms with Crippen LogP contribution >= 0.6 is 0 Å². The maximum atomic E-state index is 10.5. The first kappa shape index (κ1) is 8.51. The number of aldehydes is 1. The van der Waals surface area contributed by atoms with Crippen LogP contribution in [-0.4, -0.2) is 24.0 Å². The second-order valence-corrected chi connectivity index (χ2v) is 3.33. The zero-order valence-electron chi connectivity index (χ0n) is 7.67. The number of aromatic amines is 1. The molecule has 0 saturated heterocycles. The fourth-order valence-electron chi connectivity index (χ4n) is 1.89. The van der Waals surface area contributed by atoms with Gasteiger partial charge in [0.25, 0.3) is 0 Å². The number of rotatable bonds is 3. The average Bonchev–Trinajstić information content (AvgIpc) is 2.61. The van der Waals surface area contributed by atoms with E-state index in [0.29, 0.717) is 11.8 Å². The van der Waals surface area contributed by atoms with Gasteiger partial charge in [-0.1, -0.05) is 0 Å². The SMILES string of the molecule is CCOC1Cc2cc(C=O)[nH]c2C1. The minimum atomic E-state index is 0.312. The highest BCUT2D eigenvalue weighted by Crippen LogP contribution is 2.24. The van der Waals surface area contributed by atoms with Gasteiger partial charge in [-0.15, -0.1) is 0 Å². The van der Waals surface area contributed by atoms with E-state index in [0.717, 1.165) is 25.7 Å². The first-order valence-corrected chi connectivity index (χ1v) is 4.61. The fraction of sp³-hybridized carbons (Fsp3) is 0.500. The summed E-state index contributed by atoms with van der Waals surface area (Å²) in [6, 6.07) is 1.92. The summed E-state index contributed by atoms with van der Waals surface area (Å²) in [6.45, 7) is 2.76. The average molecular weight is 179 g/mol. The Morgan fingerprint density at radius 2 is 2.54 bits per heavy atom. The molecular weight excluding hydrogens is 166 g/mol. The third-order valence-corrected chi connectivity index (χ3v) is 2.42. The second kappa shape index (κ2) is 3.34. The summed E-state index contributed by atoms with van der Waals surface area (Å²) < 4.78 is 5.51. The maximum Gasteiger partial charge on any atom is 0.166 e. The van der Waals surface area contributed by atoms with E-state index in [1.807, 2.05) is 13.0 Å². The number of hydrogen-bond acceptors (Lipinski definition) is 2. The van der Waals surface area contributed by atoms with Crippen LogP contribution in [0.15, 0.2) is 6.07 Å². The van der Waals surface area contributed by atoms with Gasteiger partial charge in [0.05, 0.1) is 11.8 Å². The number of carbonyl (C=O) groups is 1. The number of hydrogen-bond donors (Lipinski definition) is 1. The van der Waals surface area contributed by atoms with Gasteiger partial charge >= 0.3 is 0 Å². The predicted molar refractivity (Wildman–Crippen MR) is 49.0 cm³/mol. The Morgan fingerprint density at radius 3 is 3.15 bits per heavy atom. The van der Waals surface area contributed by atoms with E-state index in [-0.39, 0.29) is 0 Å². The quantitative estimate of drug-likeness (QED) is 0.711. The molecule has 1 heterocycles. The molecule has 1 aromatic heterocycles. The van der Waals surface area contributed by atoms with Crippen molar-refractivity contribution in [2.24, 2.45) is 0 Å². The number of aromatic nitrogens is 1. The number of fused-ring (bicyclic) bond motifs is 1. The Kier molecular flexibility index (Phi) is 2.19. The standard InChI is InChI=1S/C10H13NO2/c1-2-13-9-4-7-3-8(6-12)11-10(7)5-9/h3,6,9,11H,2,4-5H2,1H3. The normalized spacial score (nSPS) is 20.2. The summed E-state index contributed by atoms with van der Waals surface area (Å²) in [7, 11) is 0. The van der Waals surface area contributed by atoms with E-state index >= 15 is 0 Å². The lowest BCUT2D eigenvalue weighted by atomic mass is 10.2. The third kappa shape index (κ3) is 1.52. The van der Waals surface area contributed by atoms with Crippen LogP contribution in [0, 0.1) is 0 Å². The van der Waals surface area contributed by atoms with Gasteiger partial charge < -0.3 is 9.72 Å². The minimum absolute atomic E-state index is 0.312. The van der Waals surface area contributed by atoms with Gasteiger partial charge in [-0.3, -0.25) is 4.79 Å². The number of nitrogens with one attached hydrogen (secondary N) is 1. The molecular formula is C10H13NO2. The predicted octanol–water partition coefficient (Wildman–Crippen LogP) is 1.33. The molecule has 0 aromatic carbocycles. The first-order chi connectivity index (χ1) is 6.33. The molecule has 70 valence electrons. The summed E-state index contributed by atoms with van der Waals surface area (Å²) in [4.78, 5) is 13.5. The molecule has 0 aliphatic heterocycles. The van der Waals surface area contributed by atoms with Crippen LogP contribution in [0.4, 0.5) is 0 Å². The van der Waals surface area contributed by atoms with E-state index in [2.05, 4.69) is 4.98 Å². The molecule has 1 N–H and O–H groups in total. The molecule has 1 unspecified atom stereocenters. The molecule has 0 amide bonds. The summed E-state index contributed by atoms with van der Waals surface area (Å²) >= 11 is 0. The molecule has 1 aromatic rings. The molecule has 0 bridgehead atoms. The lowest BCUT2D eigenvalue weighted by Gasteiger charge is -2.07. The zero-order chi connectivity index (χ0) is 9.26. The van der Waals surface area contributed by atoms with Gasteiger partial charge in [-0.25, -0.2) is 0 Å². The van der Waals surface area contributed by atoms with Crippen molar-refractivity contribution in [3.63, 3.8) is 0 Å². The van der Waals surface area contributed by atoms with Crippen molar-refractivity contribution >= 4 is 6.29 Å². The highest BCUT2D eigenvalue weighted by atomic mass is 16.5. The lowest BCUT2D eigenvalue weighted by molar-refractivity contribution is 0.0703. The number of ether oxygens (including phenoxy) is 1. The van der Waals surface area contributed by atoms with Crippen LogP contribution in [0.25, 0.3) is 0 Å². The van der Waals surface area contributed by atoms with Crippen molar-refractivity contribution in [3.8, 4) is 0 Å². The zero-order valence-corrected chi connectivity index (χ0v) is 7.67. The van der Waals surface area contributed by atoms with Gasteiger partial charge in [-0.2, -0.15) is 0 Å². The Bertz CT molecular complexity index is 293. The topological polar surface area (TPSA) is 42.1 Å². The molecule has 0 spiro atoms. The third-order valence-electron chi connectivity index (χ3n) is 2.42. The van der Waals surface area contributed by atoms with Crippen LogP contribution in [-0.2, 0) is 17.6 Å². The Morgan fingerprint density at radius 1 is 1.69 bits per heavy atom. The van der Waals surface area contributed by atoms with Gasteiger partial charge in [-0.05, 0) is 18.6 Å². The maximum absolute atomic E-state index is 10.5. The van der Waals surface area contributed by atoms with Gasteiger partial charge in [0.1, 0.15) is 0 Å². The van der Waals surface area contributed by atoms with Crippen molar-refractivity contribution in [2.75, 3.05) is 6.61 Å². The summed E-state index contributed by atoms with van der Waals surface area (Å²) in [5.41, 5.74) is 3.08. The highest BCUT2D eigenvalue weighted by molar-refractivity contribution is 5.73. The van der Waals surface area contributed by atoms with Crippen LogP contribution in [0.3, 0.4) is 0 Å². The molecule has 3 heteroatoms. The van der Waals surface area contributed by atoms with E-state index in [4.69, 9.17) is 4.74 Å². The molecule has 13 heavy (non-hydrogen) atoms. The van der Waals surface area contributed by atoms with E-state index < -0.39 is 0 Å². The van der Waals surface area contributed by atoms with Crippen molar-refractivity contribution < 1.29 is 9.53 Å². The van der Waals surface area contributed by atoms with Crippen LogP contribution in [0.5, 0.6) is 0 Å². The molecule has 0 radical (unpaired) electrons. The number of H-pyrrole nitrogens is 1. The van der Waals surface area contributed by atoms with E-state index in [1.54, 1.807) is 0 Å². The van der Waals surface area contributed by atoms with Crippen LogP contribution < -0.4 is 0 Å². The summed E-state index contributed by atoms with van der Waals surface area (Å²) in [5, 5.41) is 0. The summed E-state index contributed by atoms with van der Waals surface area (Å²) in [5.74, 6) is 0. The van der Waals surface area contributed by atoms with Crippen molar-refractivity contribution in [1.29, 1.82) is 0 Å². The monoisotopic (exact) mass is 179 g/mol. The largest absolute Gasteiger partial charge is 0.378 e. The molecule has 0 fully saturated rings. The van der Waals surface area contributed by atoms with Crippen LogP contribution in [0.2, 0.25) is 0 Å². The van der Waals surface area contributed by atoms with Crippen molar-refractivity contribution in [2.45, 2.75) is 25.9 Å². The Hall–Kier alpha value is -1.09. The molecule has 2 rings (SSSR count). The fourth-order valence-corrected chi connectivity index (χ4v) is 1.89. The summed E-state index contributed by atoms with van der Waals surface area (Å²) in [6.07, 6.45) is 3.02. The molecule has 1 atom stereocenters. The van der Waals surface area contributed by atoms with Gasteiger partial charge in [0.15, 0.2) is 6.29 Å². The van der Waals surface area contributed by atoms with Crippen molar-refractivity contribution in [3.05, 3.63) is 23.0 Å². The van der Waals surface area contributed by atoms with E-state index in [1.165, 1.54) is 11.3 Å².